The highest BCUT2D eigenvalue weighted by atomic mass is 19.4. The van der Waals surface area contributed by atoms with E-state index in [9.17, 15) is 31.1 Å². The van der Waals surface area contributed by atoms with E-state index in [1.54, 1.807) is 13.8 Å². The van der Waals surface area contributed by atoms with E-state index in [4.69, 9.17) is 0 Å². The first-order chi connectivity index (χ1) is 9.96. The Morgan fingerprint density at radius 2 is 1.14 bits per heavy atom. The number of hydrogen-bond donors (Lipinski definition) is 0. The Kier molecular flexibility index (Phi) is 8.62. The summed E-state index contributed by atoms with van der Waals surface area (Å²) in [5, 5.41) is 0. The van der Waals surface area contributed by atoms with Gasteiger partial charge >= 0.3 is 18.5 Å². The fraction of sp³-hybridized carbons (Fsp3) is 0.923. The summed E-state index contributed by atoms with van der Waals surface area (Å²) in [5.41, 5.74) is 0. The van der Waals surface area contributed by atoms with Crippen LogP contribution in [0, 0.1) is 0 Å². The molecule has 0 saturated carbocycles. The molecule has 0 aromatic rings. The Morgan fingerprint density at radius 1 is 0.818 bits per heavy atom. The van der Waals surface area contributed by atoms with Crippen LogP contribution in [-0.4, -0.2) is 30.7 Å². The third kappa shape index (κ3) is 11.5. The lowest BCUT2D eigenvalue weighted by Crippen LogP contribution is -2.29. The van der Waals surface area contributed by atoms with Gasteiger partial charge in [0.2, 0.25) is 0 Å². The molecule has 0 spiro atoms. The molecular formula is C13H20F6O3. The molecule has 0 aliphatic rings. The van der Waals surface area contributed by atoms with Crippen LogP contribution in [0.2, 0.25) is 0 Å². The minimum atomic E-state index is -4.53. The molecule has 0 heterocycles. The summed E-state index contributed by atoms with van der Waals surface area (Å²) in [6, 6.07) is 0. The van der Waals surface area contributed by atoms with Gasteiger partial charge in [0.25, 0.3) is 0 Å². The van der Waals surface area contributed by atoms with E-state index in [0.717, 1.165) is 0 Å². The molecule has 22 heavy (non-hydrogen) atoms. The van der Waals surface area contributed by atoms with Gasteiger partial charge < -0.3 is 9.47 Å². The zero-order chi connectivity index (χ0) is 17.4. The quantitative estimate of drug-likeness (QED) is 0.440. The smallest absolute Gasteiger partial charge is 0.431 e. The van der Waals surface area contributed by atoms with Crippen molar-refractivity contribution in [2.24, 2.45) is 0 Å². The first kappa shape index (κ1) is 20.9. The highest BCUT2D eigenvalue weighted by Gasteiger charge is 2.36. The minimum Gasteiger partial charge on any atom is -0.431 e. The van der Waals surface area contributed by atoms with Gasteiger partial charge in [0, 0.05) is 0 Å². The first-order valence-corrected chi connectivity index (χ1v) is 6.97. The highest BCUT2D eigenvalue weighted by molar-refractivity contribution is 5.60. The number of halogens is 6. The van der Waals surface area contributed by atoms with Crippen LogP contribution in [0.25, 0.3) is 0 Å². The zero-order valence-electron chi connectivity index (χ0n) is 12.4. The largest absolute Gasteiger partial charge is 0.508 e. The van der Waals surface area contributed by atoms with Crippen LogP contribution < -0.4 is 0 Å². The summed E-state index contributed by atoms with van der Waals surface area (Å²) in [5.74, 6) is 0. The molecule has 0 N–H and O–H groups in total. The predicted octanol–water partition coefficient (Wildman–Crippen LogP) is 5.38. The predicted molar refractivity (Wildman–Crippen MR) is 66.3 cm³/mol. The summed E-state index contributed by atoms with van der Waals surface area (Å²) in [6.07, 6.45) is -15.6. The number of alkyl halides is 6. The Morgan fingerprint density at radius 3 is 1.36 bits per heavy atom. The van der Waals surface area contributed by atoms with Crippen LogP contribution in [0.4, 0.5) is 31.1 Å². The second kappa shape index (κ2) is 9.09. The lowest BCUT2D eigenvalue weighted by molar-refractivity contribution is -0.165. The van der Waals surface area contributed by atoms with Crippen molar-refractivity contribution < 1.29 is 40.6 Å². The van der Waals surface area contributed by atoms with E-state index >= 15 is 0 Å². The Balaban J connectivity index is 4.57. The average molecular weight is 338 g/mol. The average Bonchev–Trinajstić information content (AvgIpc) is 2.24. The molecule has 0 fully saturated rings. The lowest BCUT2D eigenvalue weighted by Gasteiger charge is -2.22. The highest BCUT2D eigenvalue weighted by Crippen LogP contribution is 2.27. The molecule has 9 heteroatoms. The molecule has 132 valence electrons. The van der Waals surface area contributed by atoms with Gasteiger partial charge in [-0.3, -0.25) is 0 Å². The number of rotatable bonds is 8. The van der Waals surface area contributed by atoms with Crippen molar-refractivity contribution in [2.45, 2.75) is 76.9 Å². The van der Waals surface area contributed by atoms with Gasteiger partial charge in [0.05, 0.1) is 12.8 Å². The van der Waals surface area contributed by atoms with Crippen LogP contribution in [-0.2, 0) is 9.47 Å². The SMILES string of the molecule is CCCC(CC(F)(F)F)OC(=O)OC(CCC)CC(F)(F)F. The maximum Gasteiger partial charge on any atom is 0.508 e. The molecule has 2 atom stereocenters. The molecule has 2 unspecified atom stereocenters. The normalized spacial score (nSPS) is 15.3. The van der Waals surface area contributed by atoms with Crippen molar-refractivity contribution in [3.05, 3.63) is 0 Å². The van der Waals surface area contributed by atoms with Crippen molar-refractivity contribution in [1.29, 1.82) is 0 Å². The third-order valence-corrected chi connectivity index (χ3v) is 2.67. The summed E-state index contributed by atoms with van der Waals surface area (Å²) < 4.78 is 82.8. The number of carbonyl (C=O) groups is 1. The van der Waals surface area contributed by atoms with E-state index in [1.807, 2.05) is 0 Å². The van der Waals surface area contributed by atoms with Crippen molar-refractivity contribution in [1.82, 2.24) is 0 Å². The molecule has 0 rings (SSSR count). The Labute approximate surface area is 125 Å². The standard InChI is InChI=1S/C13H20F6O3/c1-3-5-9(7-12(14,15)16)21-11(20)22-10(6-4-2)8-13(17,18)19/h9-10H,3-8H2,1-2H3. The molecule has 0 aromatic carbocycles. The number of ether oxygens (including phenoxy) is 2. The maximum absolute atomic E-state index is 12.3. The lowest BCUT2D eigenvalue weighted by atomic mass is 10.1. The van der Waals surface area contributed by atoms with Crippen LogP contribution in [0.15, 0.2) is 0 Å². The molecule has 0 aromatic heterocycles. The summed E-state index contributed by atoms with van der Waals surface area (Å²) in [7, 11) is 0. The summed E-state index contributed by atoms with van der Waals surface area (Å²) in [6.45, 7) is 3.20. The maximum atomic E-state index is 12.3. The fourth-order valence-corrected chi connectivity index (χ4v) is 1.87. The van der Waals surface area contributed by atoms with Gasteiger partial charge in [-0.15, -0.1) is 0 Å². The molecule has 0 aliphatic carbocycles. The molecule has 0 bridgehead atoms. The van der Waals surface area contributed by atoms with Crippen molar-refractivity contribution in [2.75, 3.05) is 0 Å². The zero-order valence-corrected chi connectivity index (χ0v) is 12.4. The molecule has 3 nitrogen and oxygen atoms in total. The van der Waals surface area contributed by atoms with E-state index < -0.39 is 43.6 Å². The van der Waals surface area contributed by atoms with E-state index in [2.05, 4.69) is 9.47 Å². The number of carbonyl (C=O) groups excluding carboxylic acids is 1. The van der Waals surface area contributed by atoms with Crippen LogP contribution in [0.1, 0.15) is 52.4 Å². The Bertz CT molecular complexity index is 297. The van der Waals surface area contributed by atoms with Crippen molar-refractivity contribution in [3.63, 3.8) is 0 Å². The molecule has 0 radical (unpaired) electrons. The minimum absolute atomic E-state index is 0.0493. The molecular weight excluding hydrogens is 318 g/mol. The molecule has 0 aliphatic heterocycles. The van der Waals surface area contributed by atoms with Crippen LogP contribution in [0.5, 0.6) is 0 Å². The monoisotopic (exact) mass is 338 g/mol. The third-order valence-electron chi connectivity index (χ3n) is 2.67. The van der Waals surface area contributed by atoms with Gasteiger partial charge in [0.1, 0.15) is 12.2 Å². The van der Waals surface area contributed by atoms with E-state index in [1.165, 1.54) is 0 Å². The number of hydrogen-bond acceptors (Lipinski definition) is 3. The van der Waals surface area contributed by atoms with E-state index in [-0.39, 0.29) is 12.8 Å². The van der Waals surface area contributed by atoms with Crippen molar-refractivity contribution >= 4 is 6.16 Å². The molecule has 0 saturated heterocycles. The van der Waals surface area contributed by atoms with Gasteiger partial charge in [0.15, 0.2) is 0 Å². The van der Waals surface area contributed by atoms with Crippen LogP contribution >= 0.6 is 0 Å². The van der Waals surface area contributed by atoms with Gasteiger partial charge in [-0.1, -0.05) is 26.7 Å². The second-order valence-corrected chi connectivity index (χ2v) is 4.95. The van der Waals surface area contributed by atoms with Crippen LogP contribution in [0.3, 0.4) is 0 Å². The topological polar surface area (TPSA) is 35.5 Å². The fourth-order valence-electron chi connectivity index (χ4n) is 1.87. The van der Waals surface area contributed by atoms with Crippen molar-refractivity contribution in [3.8, 4) is 0 Å². The summed E-state index contributed by atoms with van der Waals surface area (Å²) >= 11 is 0. The van der Waals surface area contributed by atoms with Gasteiger partial charge in [-0.2, -0.15) is 26.3 Å². The summed E-state index contributed by atoms with van der Waals surface area (Å²) in [4.78, 5) is 11.4. The molecule has 0 amide bonds. The van der Waals surface area contributed by atoms with Gasteiger partial charge in [-0.05, 0) is 12.8 Å². The van der Waals surface area contributed by atoms with Gasteiger partial charge in [-0.25, -0.2) is 4.79 Å². The first-order valence-electron chi connectivity index (χ1n) is 6.97. The Hall–Kier alpha value is -1.15. The second-order valence-electron chi connectivity index (χ2n) is 4.95. The van der Waals surface area contributed by atoms with E-state index in [0.29, 0.717) is 12.8 Å².